The standard InChI is InChI=1S/C22H27NO7S/c1-22(2,3)30-19(24)13-14-6-11-18(17(12-14)20(23)31(5,26)27)29-16-9-7-15(8-10-16)21(25)28-4/h6-12,20H,13,23H2,1-5H3. The van der Waals surface area contributed by atoms with E-state index in [0.29, 0.717) is 16.9 Å². The van der Waals surface area contributed by atoms with Gasteiger partial charge in [0.1, 0.15) is 22.5 Å². The van der Waals surface area contributed by atoms with Gasteiger partial charge in [-0.25, -0.2) is 13.2 Å². The van der Waals surface area contributed by atoms with Crippen LogP contribution in [-0.4, -0.2) is 39.3 Å². The van der Waals surface area contributed by atoms with Crippen LogP contribution in [0.3, 0.4) is 0 Å². The third kappa shape index (κ3) is 7.08. The summed E-state index contributed by atoms with van der Waals surface area (Å²) in [5.74, 6) is -0.345. The summed E-state index contributed by atoms with van der Waals surface area (Å²) in [5, 5.41) is -1.35. The third-order valence-corrected chi connectivity index (χ3v) is 5.29. The Morgan fingerprint density at radius 1 is 1.06 bits per heavy atom. The molecule has 1 atom stereocenters. The molecule has 2 aromatic carbocycles. The largest absolute Gasteiger partial charge is 0.465 e. The molecule has 0 fully saturated rings. The van der Waals surface area contributed by atoms with Gasteiger partial charge in [0.25, 0.3) is 0 Å². The number of methoxy groups -OCH3 is 1. The van der Waals surface area contributed by atoms with Crippen LogP contribution >= 0.6 is 0 Å². The van der Waals surface area contributed by atoms with Gasteiger partial charge in [-0.3, -0.25) is 4.79 Å². The summed E-state index contributed by atoms with van der Waals surface area (Å²) in [7, 11) is -2.36. The molecule has 0 aromatic heterocycles. The Morgan fingerprint density at radius 2 is 1.68 bits per heavy atom. The monoisotopic (exact) mass is 449 g/mol. The van der Waals surface area contributed by atoms with Crippen molar-refractivity contribution in [3.63, 3.8) is 0 Å². The smallest absolute Gasteiger partial charge is 0.337 e. The van der Waals surface area contributed by atoms with Gasteiger partial charge < -0.3 is 19.9 Å². The van der Waals surface area contributed by atoms with E-state index in [2.05, 4.69) is 4.74 Å². The van der Waals surface area contributed by atoms with Crippen molar-refractivity contribution < 1.29 is 32.2 Å². The maximum absolute atomic E-state index is 12.2. The van der Waals surface area contributed by atoms with Crippen LogP contribution in [0.2, 0.25) is 0 Å². The molecule has 2 rings (SSSR count). The molecule has 0 heterocycles. The lowest BCUT2D eigenvalue weighted by Gasteiger charge is -2.20. The van der Waals surface area contributed by atoms with Crippen LogP contribution in [0, 0.1) is 0 Å². The molecule has 0 amide bonds. The van der Waals surface area contributed by atoms with Gasteiger partial charge in [0.2, 0.25) is 0 Å². The maximum Gasteiger partial charge on any atom is 0.337 e. The first kappa shape index (κ1) is 24.4. The average molecular weight is 450 g/mol. The summed E-state index contributed by atoms with van der Waals surface area (Å²) < 4.78 is 40.0. The van der Waals surface area contributed by atoms with E-state index in [-0.39, 0.29) is 17.7 Å². The van der Waals surface area contributed by atoms with E-state index in [1.165, 1.54) is 25.3 Å². The molecule has 0 saturated heterocycles. The number of ether oxygens (including phenoxy) is 3. The number of hydrogen-bond acceptors (Lipinski definition) is 8. The van der Waals surface area contributed by atoms with Gasteiger partial charge in [-0.05, 0) is 62.7 Å². The molecule has 2 aromatic rings. The van der Waals surface area contributed by atoms with Gasteiger partial charge in [-0.1, -0.05) is 6.07 Å². The van der Waals surface area contributed by atoms with Crippen LogP contribution in [0.5, 0.6) is 11.5 Å². The SMILES string of the molecule is COC(=O)c1ccc(Oc2ccc(CC(=O)OC(C)(C)C)cc2C(N)S(C)(=O)=O)cc1. The maximum atomic E-state index is 12.2. The second-order valence-electron chi connectivity index (χ2n) is 8.00. The summed E-state index contributed by atoms with van der Waals surface area (Å²) in [5.41, 5.74) is 6.42. The van der Waals surface area contributed by atoms with Crippen LogP contribution in [0.1, 0.15) is 47.6 Å². The highest BCUT2D eigenvalue weighted by atomic mass is 32.2. The van der Waals surface area contributed by atoms with Crippen LogP contribution < -0.4 is 10.5 Å². The second kappa shape index (κ2) is 9.49. The average Bonchev–Trinajstić information content (AvgIpc) is 2.66. The Balaban J connectivity index is 2.35. The Morgan fingerprint density at radius 3 is 2.19 bits per heavy atom. The van der Waals surface area contributed by atoms with E-state index in [1.54, 1.807) is 45.0 Å². The number of hydrogen-bond donors (Lipinski definition) is 1. The molecule has 0 saturated carbocycles. The predicted molar refractivity (Wildman–Crippen MR) is 116 cm³/mol. The summed E-state index contributed by atoms with van der Waals surface area (Å²) in [4.78, 5) is 23.7. The summed E-state index contributed by atoms with van der Waals surface area (Å²) in [6, 6.07) is 10.9. The predicted octanol–water partition coefficient (Wildman–Crippen LogP) is 3.15. The van der Waals surface area contributed by atoms with Gasteiger partial charge in [0.15, 0.2) is 9.84 Å². The van der Waals surface area contributed by atoms with Crippen molar-refractivity contribution in [1.82, 2.24) is 0 Å². The molecule has 0 aliphatic carbocycles. The van der Waals surface area contributed by atoms with Crippen molar-refractivity contribution in [3.8, 4) is 11.5 Å². The fraction of sp³-hybridized carbons (Fsp3) is 0.364. The van der Waals surface area contributed by atoms with E-state index in [1.807, 2.05) is 0 Å². The topological polar surface area (TPSA) is 122 Å². The molecule has 168 valence electrons. The van der Waals surface area contributed by atoms with Crippen molar-refractivity contribution in [1.29, 1.82) is 0 Å². The zero-order valence-electron chi connectivity index (χ0n) is 18.2. The minimum absolute atomic E-state index is 0.0468. The quantitative estimate of drug-likeness (QED) is 0.640. The van der Waals surface area contributed by atoms with Gasteiger partial charge in [0, 0.05) is 11.8 Å². The number of sulfone groups is 1. The Labute approximate surface area is 182 Å². The lowest BCUT2D eigenvalue weighted by Crippen LogP contribution is -2.25. The molecular weight excluding hydrogens is 422 g/mol. The highest BCUT2D eigenvalue weighted by molar-refractivity contribution is 7.90. The molecule has 0 spiro atoms. The molecule has 1 unspecified atom stereocenters. The number of carbonyl (C=O) groups excluding carboxylic acids is 2. The fourth-order valence-electron chi connectivity index (χ4n) is 2.70. The zero-order valence-corrected chi connectivity index (χ0v) is 19.0. The zero-order chi connectivity index (χ0) is 23.4. The van der Waals surface area contributed by atoms with Crippen LogP contribution in [-0.2, 0) is 30.5 Å². The molecule has 0 aliphatic heterocycles. The van der Waals surface area contributed by atoms with Crippen LogP contribution in [0.4, 0.5) is 0 Å². The van der Waals surface area contributed by atoms with E-state index >= 15 is 0 Å². The summed E-state index contributed by atoms with van der Waals surface area (Å²) in [6.07, 6.45) is 0.974. The molecule has 0 bridgehead atoms. The molecular formula is C22H27NO7S. The van der Waals surface area contributed by atoms with Gasteiger partial charge in [0.05, 0.1) is 19.1 Å². The Kier molecular flexibility index (Phi) is 7.45. The minimum Gasteiger partial charge on any atom is -0.465 e. The highest BCUT2D eigenvalue weighted by Crippen LogP contribution is 2.32. The van der Waals surface area contributed by atoms with Crippen molar-refractivity contribution >= 4 is 21.8 Å². The third-order valence-electron chi connectivity index (χ3n) is 4.11. The lowest BCUT2D eigenvalue weighted by atomic mass is 10.1. The van der Waals surface area contributed by atoms with Crippen molar-refractivity contribution in [2.24, 2.45) is 5.73 Å². The number of rotatable bonds is 7. The molecule has 9 heteroatoms. The van der Waals surface area contributed by atoms with E-state index in [0.717, 1.165) is 6.26 Å². The molecule has 2 N–H and O–H groups in total. The molecule has 0 radical (unpaired) electrons. The first-order chi connectivity index (χ1) is 14.3. The lowest BCUT2D eigenvalue weighted by molar-refractivity contribution is -0.153. The van der Waals surface area contributed by atoms with Crippen LogP contribution in [0.15, 0.2) is 42.5 Å². The molecule has 8 nitrogen and oxygen atoms in total. The first-order valence-electron chi connectivity index (χ1n) is 9.45. The van der Waals surface area contributed by atoms with Crippen molar-refractivity contribution in [2.45, 2.75) is 38.2 Å². The fourth-order valence-corrected chi connectivity index (χ4v) is 3.35. The van der Waals surface area contributed by atoms with Gasteiger partial charge in [-0.15, -0.1) is 0 Å². The van der Waals surface area contributed by atoms with Crippen molar-refractivity contribution in [2.75, 3.05) is 13.4 Å². The molecule has 0 aliphatic rings. The first-order valence-corrected chi connectivity index (χ1v) is 11.4. The summed E-state index contributed by atoms with van der Waals surface area (Å²) >= 11 is 0. The van der Waals surface area contributed by atoms with Gasteiger partial charge in [-0.2, -0.15) is 0 Å². The molecule has 31 heavy (non-hydrogen) atoms. The number of benzene rings is 2. The van der Waals surface area contributed by atoms with Crippen LogP contribution in [0.25, 0.3) is 0 Å². The number of carbonyl (C=O) groups is 2. The van der Waals surface area contributed by atoms with Gasteiger partial charge >= 0.3 is 11.9 Å². The van der Waals surface area contributed by atoms with Crippen molar-refractivity contribution in [3.05, 3.63) is 59.2 Å². The Hall–Kier alpha value is -2.91. The number of nitrogens with two attached hydrogens (primary N) is 1. The van der Waals surface area contributed by atoms with E-state index in [9.17, 15) is 18.0 Å². The minimum atomic E-state index is -3.65. The van der Waals surface area contributed by atoms with E-state index in [4.69, 9.17) is 15.2 Å². The normalized spacial score (nSPS) is 12.7. The van der Waals surface area contributed by atoms with E-state index < -0.39 is 32.8 Å². The Bertz CT molecular complexity index is 1050. The highest BCUT2D eigenvalue weighted by Gasteiger charge is 2.24. The summed E-state index contributed by atoms with van der Waals surface area (Å²) in [6.45, 7) is 5.29. The second-order valence-corrected chi connectivity index (χ2v) is 10.2. The number of esters is 2.